The van der Waals surface area contributed by atoms with E-state index in [1.165, 1.54) is 155 Å². The second-order valence-corrected chi connectivity index (χ2v) is 42.2. The fourth-order valence-electron chi connectivity index (χ4n) is 19.1. The summed E-state index contributed by atoms with van der Waals surface area (Å²) in [6.45, 7) is 49.7. The molecular formula is C111H117BN4. The Hall–Kier alpha value is -10.9. The Balaban J connectivity index is 1.05. The van der Waals surface area contributed by atoms with Gasteiger partial charge in [0.25, 0.3) is 6.71 Å². The Bertz CT molecular complexity index is 5670. The van der Waals surface area contributed by atoms with E-state index in [0.717, 1.165) is 66.2 Å². The molecule has 5 heteroatoms. The van der Waals surface area contributed by atoms with Gasteiger partial charge in [0.1, 0.15) is 0 Å². The predicted molar refractivity (Wildman–Crippen MR) is 504 cm³/mol. The third-order valence-electron chi connectivity index (χ3n) is 23.8. The van der Waals surface area contributed by atoms with Crippen molar-refractivity contribution in [3.63, 3.8) is 0 Å². The molecule has 116 heavy (non-hydrogen) atoms. The summed E-state index contributed by atoms with van der Waals surface area (Å²) in [7, 11) is 0. The van der Waals surface area contributed by atoms with Crippen LogP contribution < -0.4 is 26.2 Å². The lowest BCUT2D eigenvalue weighted by molar-refractivity contribution is 0.411. The highest BCUT2D eigenvalue weighted by Gasteiger charge is 2.47. The second-order valence-electron chi connectivity index (χ2n) is 42.2. The van der Waals surface area contributed by atoms with Crippen LogP contribution in [0.5, 0.6) is 0 Å². The summed E-state index contributed by atoms with van der Waals surface area (Å²) >= 11 is 0. The van der Waals surface area contributed by atoms with Crippen molar-refractivity contribution in [1.82, 2.24) is 9.13 Å². The number of hydrogen-bond acceptors (Lipinski definition) is 2. The van der Waals surface area contributed by atoms with E-state index in [9.17, 15) is 0 Å². The number of nitrogens with zero attached hydrogens (tertiary/aromatic N) is 4. The van der Waals surface area contributed by atoms with Gasteiger partial charge in [-0.3, -0.25) is 0 Å². The van der Waals surface area contributed by atoms with Crippen LogP contribution >= 0.6 is 0 Å². The number of fused-ring (bicyclic) bond motifs is 10. The van der Waals surface area contributed by atoms with Crippen LogP contribution in [0.4, 0.5) is 34.1 Å². The maximum absolute atomic E-state index is 2.78. The summed E-state index contributed by atoms with van der Waals surface area (Å²) in [5.74, 6) is 0. The first-order chi connectivity index (χ1) is 54.8. The molecule has 2 aliphatic rings. The minimum absolute atomic E-state index is 0.107. The molecule has 0 fully saturated rings. The third kappa shape index (κ3) is 15.0. The summed E-state index contributed by atoms with van der Waals surface area (Å²) in [4.78, 5) is 5.56. The SMILES string of the molecule is CC(C)(C)Cc1cc2c3c(c1)N(c1c(-c4ccccc4)cc(C(C)(C)C)cc1-c1ccccc1)c1cc(-n4c5ccc(CC(C)(C)C)cc5c5cc(CC(C)(C)C)ccc54)ccc1B3c1ccc(-n3c4ccc(CC(C)(C)C)cc4c4cc(CC(C)(C)C)ccc43)cc1N2c1c(-c2ccccc2)cc(C(C)(C)C)cc1-c1ccccc1. The zero-order valence-corrected chi connectivity index (χ0v) is 72.8. The fraction of sp³-hybridized carbons (Fsp3) is 0.297. The lowest BCUT2D eigenvalue weighted by atomic mass is 9.33. The third-order valence-corrected chi connectivity index (χ3v) is 23.8. The Morgan fingerprint density at radius 3 is 0.750 bits per heavy atom. The van der Waals surface area contributed by atoms with E-state index in [-0.39, 0.29) is 44.6 Å². The molecule has 0 radical (unpaired) electrons. The van der Waals surface area contributed by atoms with E-state index in [2.05, 4.69) is 431 Å². The second kappa shape index (κ2) is 28.5. The minimum Gasteiger partial charge on any atom is -0.310 e. The van der Waals surface area contributed by atoms with Gasteiger partial charge < -0.3 is 18.9 Å². The smallest absolute Gasteiger partial charge is 0.252 e. The molecule has 0 saturated carbocycles. The first kappa shape index (κ1) is 77.7. The molecule has 0 saturated heterocycles. The molecule has 0 bridgehead atoms. The van der Waals surface area contributed by atoms with E-state index < -0.39 is 0 Å². The number of anilines is 6. The van der Waals surface area contributed by atoms with E-state index in [1.54, 1.807) is 0 Å². The van der Waals surface area contributed by atoms with E-state index in [4.69, 9.17) is 0 Å². The van der Waals surface area contributed by atoms with Gasteiger partial charge in [-0.25, -0.2) is 0 Å². The average Bonchev–Trinajstić information content (AvgIpc) is 0.753. The maximum Gasteiger partial charge on any atom is 0.252 e. The average molecular weight is 1520 g/mol. The molecule has 0 spiro atoms. The standard InChI is InChI=1S/C111H117BN4/c1-105(2,3)66-71-42-50-94-88(54-71)89-55-72(67-106(4,5)6)43-51-95(89)113(94)82-46-48-92-98(64-82)115(103-84(76-34-26-22-27-35-76)60-80(110(16,17)18)61-85(103)77-36-28-23-29-37-77)100-58-75(70-109(13,14)15)59-101-102(100)112(92)93-49-47-83(114-96-52-44-73(68-107(7,8)9)56-90(96)91-57-74(45-53-97(91)114)69-108(10,11)12)65-99(93)116(101)104-86(78-38-30-24-31-39-78)62-81(111(19,20)21)63-87(104)79-40-32-25-33-41-79/h22-65H,66-70H2,1-21H3. The van der Waals surface area contributed by atoms with Crippen molar-refractivity contribution in [3.05, 3.63) is 306 Å². The predicted octanol–water partition coefficient (Wildman–Crippen LogP) is 29.2. The lowest BCUT2D eigenvalue weighted by Gasteiger charge is -2.46. The van der Waals surface area contributed by atoms with Gasteiger partial charge >= 0.3 is 0 Å². The first-order valence-electron chi connectivity index (χ1n) is 42.6. The van der Waals surface area contributed by atoms with Gasteiger partial charge in [-0.1, -0.05) is 303 Å². The Kier molecular flexibility index (Phi) is 19.1. The van der Waals surface area contributed by atoms with E-state index in [1.807, 2.05) is 0 Å². The molecule has 15 aromatic rings. The van der Waals surface area contributed by atoms with Crippen molar-refractivity contribution in [1.29, 1.82) is 0 Å². The van der Waals surface area contributed by atoms with Crippen LogP contribution in [0, 0.1) is 27.1 Å². The normalized spacial score (nSPS) is 13.5. The number of benzene rings is 13. The monoisotopic (exact) mass is 1520 g/mol. The van der Waals surface area contributed by atoms with Crippen LogP contribution in [-0.2, 0) is 42.9 Å². The first-order valence-corrected chi connectivity index (χ1v) is 42.6. The van der Waals surface area contributed by atoms with Crippen LogP contribution in [0.3, 0.4) is 0 Å². The van der Waals surface area contributed by atoms with Crippen LogP contribution in [0.1, 0.15) is 184 Å². The molecule has 4 nitrogen and oxygen atoms in total. The van der Waals surface area contributed by atoms with Crippen molar-refractivity contribution in [2.45, 2.75) is 188 Å². The Morgan fingerprint density at radius 2 is 0.500 bits per heavy atom. The zero-order chi connectivity index (χ0) is 81.7. The molecule has 0 N–H and O–H groups in total. The van der Waals surface area contributed by atoms with Gasteiger partial charge in [-0.15, -0.1) is 0 Å². The van der Waals surface area contributed by atoms with E-state index in [0.29, 0.717) is 0 Å². The van der Waals surface area contributed by atoms with Crippen molar-refractivity contribution in [2.24, 2.45) is 27.1 Å². The lowest BCUT2D eigenvalue weighted by Crippen LogP contribution is -2.61. The Labute approximate surface area is 692 Å². The van der Waals surface area contributed by atoms with Crippen LogP contribution in [0.2, 0.25) is 0 Å². The van der Waals surface area contributed by atoms with Crippen molar-refractivity contribution in [2.75, 3.05) is 9.80 Å². The molecule has 4 heterocycles. The van der Waals surface area contributed by atoms with Crippen LogP contribution in [-0.4, -0.2) is 15.8 Å². The van der Waals surface area contributed by atoms with Crippen molar-refractivity contribution < 1.29 is 0 Å². The maximum atomic E-state index is 2.78. The molecule has 13 aromatic carbocycles. The van der Waals surface area contributed by atoms with Crippen LogP contribution in [0.25, 0.3) is 99.5 Å². The highest BCUT2D eigenvalue weighted by atomic mass is 15.2. The molecular weight excluding hydrogens is 1400 g/mol. The zero-order valence-electron chi connectivity index (χ0n) is 72.8. The molecule has 2 aromatic heterocycles. The minimum atomic E-state index is -0.246. The van der Waals surface area contributed by atoms with Crippen molar-refractivity contribution >= 4 is 101 Å². The van der Waals surface area contributed by atoms with E-state index >= 15 is 0 Å². The summed E-state index contributed by atoms with van der Waals surface area (Å²) in [5.41, 5.74) is 36.5. The molecule has 584 valence electrons. The van der Waals surface area contributed by atoms with Gasteiger partial charge in [-0.05, 0) is 257 Å². The fourth-order valence-corrected chi connectivity index (χ4v) is 19.1. The highest BCUT2D eigenvalue weighted by molar-refractivity contribution is 7.00. The van der Waals surface area contributed by atoms with Gasteiger partial charge in [-0.2, -0.15) is 0 Å². The van der Waals surface area contributed by atoms with Gasteiger partial charge in [0.2, 0.25) is 0 Å². The molecule has 0 aliphatic carbocycles. The summed E-state index contributed by atoms with van der Waals surface area (Å²) in [6, 6.07) is 105. The molecule has 0 amide bonds. The summed E-state index contributed by atoms with van der Waals surface area (Å²) in [5, 5.41) is 5.17. The van der Waals surface area contributed by atoms with Gasteiger partial charge in [0.15, 0.2) is 0 Å². The van der Waals surface area contributed by atoms with Crippen molar-refractivity contribution in [3.8, 4) is 55.9 Å². The molecule has 2 aliphatic heterocycles. The summed E-state index contributed by atoms with van der Waals surface area (Å²) < 4.78 is 5.20. The molecule has 17 rings (SSSR count). The Morgan fingerprint density at radius 1 is 0.241 bits per heavy atom. The number of hydrogen-bond donors (Lipinski definition) is 0. The quantitative estimate of drug-likeness (QED) is 0.107. The highest BCUT2D eigenvalue weighted by Crippen LogP contribution is 2.56. The number of aromatic nitrogens is 2. The molecule has 0 unspecified atom stereocenters. The van der Waals surface area contributed by atoms with Gasteiger partial charge in [0.05, 0.1) is 33.4 Å². The number of rotatable bonds is 13. The molecule has 0 atom stereocenters. The largest absolute Gasteiger partial charge is 0.310 e. The van der Waals surface area contributed by atoms with Crippen LogP contribution in [0.15, 0.2) is 267 Å². The van der Waals surface area contributed by atoms with Gasteiger partial charge in [0, 0.05) is 77.9 Å². The topological polar surface area (TPSA) is 16.3 Å². The summed E-state index contributed by atoms with van der Waals surface area (Å²) in [6.07, 6.45) is 4.74.